The molecule has 10 heteroatoms. The normalized spacial score (nSPS) is 18.8. The highest BCUT2D eigenvalue weighted by molar-refractivity contribution is 6.00. The maximum absolute atomic E-state index is 12.6. The highest BCUT2D eigenvalue weighted by atomic mass is 16.6. The van der Waals surface area contributed by atoms with E-state index in [-0.39, 0.29) is 6.42 Å². The molecular weight excluding hydrogens is 440 g/mol. The second-order valence-electron chi connectivity index (χ2n) is 8.64. The van der Waals surface area contributed by atoms with Crippen molar-refractivity contribution in [3.05, 3.63) is 54.4 Å². The first-order valence-electron chi connectivity index (χ1n) is 10.7. The lowest BCUT2D eigenvalue weighted by atomic mass is 9.99. The van der Waals surface area contributed by atoms with E-state index in [2.05, 4.69) is 25.7 Å². The summed E-state index contributed by atoms with van der Waals surface area (Å²) in [7, 11) is 1.24. The van der Waals surface area contributed by atoms with Gasteiger partial charge in [-0.05, 0) is 57.0 Å². The van der Waals surface area contributed by atoms with Crippen LogP contribution >= 0.6 is 0 Å². The summed E-state index contributed by atoms with van der Waals surface area (Å²) < 4.78 is 9.99. The molecule has 3 rings (SSSR count). The van der Waals surface area contributed by atoms with Crippen LogP contribution < -0.4 is 16.0 Å². The van der Waals surface area contributed by atoms with Gasteiger partial charge in [0, 0.05) is 17.4 Å². The summed E-state index contributed by atoms with van der Waals surface area (Å²) in [6.07, 6.45) is 2.10. The predicted octanol–water partition coefficient (Wildman–Crippen LogP) is 3.75. The Balaban J connectivity index is 2.04. The van der Waals surface area contributed by atoms with Crippen molar-refractivity contribution in [2.45, 2.75) is 44.9 Å². The number of amides is 3. The minimum atomic E-state index is -1.43. The highest BCUT2D eigenvalue weighted by Gasteiger charge is 2.23. The van der Waals surface area contributed by atoms with Gasteiger partial charge in [0.15, 0.2) is 6.10 Å². The molecule has 1 aliphatic heterocycles. The van der Waals surface area contributed by atoms with Crippen LogP contribution in [0.2, 0.25) is 0 Å². The smallest absolute Gasteiger partial charge is 0.411 e. The largest absolute Gasteiger partial charge is 0.453 e. The van der Waals surface area contributed by atoms with E-state index in [1.807, 2.05) is 0 Å². The van der Waals surface area contributed by atoms with Crippen molar-refractivity contribution >= 4 is 29.5 Å². The molecule has 1 aliphatic rings. The summed E-state index contributed by atoms with van der Waals surface area (Å²) >= 11 is 0. The average molecular weight is 469 g/mol. The van der Waals surface area contributed by atoms with E-state index in [1.54, 1.807) is 63.4 Å². The van der Waals surface area contributed by atoms with Gasteiger partial charge in [-0.25, -0.2) is 9.59 Å². The molecule has 0 spiro atoms. The van der Waals surface area contributed by atoms with E-state index in [1.165, 1.54) is 13.2 Å². The van der Waals surface area contributed by atoms with Crippen LogP contribution in [0.25, 0.3) is 11.1 Å². The van der Waals surface area contributed by atoms with E-state index in [9.17, 15) is 19.5 Å². The topological polar surface area (TPSA) is 139 Å². The van der Waals surface area contributed by atoms with Crippen molar-refractivity contribution in [2.24, 2.45) is 0 Å². The standard InChI is InChI=1S/C24H28N4O6/c1-24(2,3)34-23(32)28-17-6-5-7-20(29)21(30)27-18-13-15(26-22(31)33-4)8-9-16(18)14-10-11-25-19(17)12-14/h5,7-13,17,20,29H,6H2,1-4H3,(H,26,31)(H,27,30)(H,28,32)/b7-5-/t17-,20?/m0/s1. The van der Waals surface area contributed by atoms with Gasteiger partial charge in [0.2, 0.25) is 0 Å². The number of anilines is 2. The lowest BCUT2D eigenvalue weighted by Gasteiger charge is -2.23. The Morgan fingerprint density at radius 3 is 2.65 bits per heavy atom. The molecule has 1 aromatic carbocycles. The Morgan fingerprint density at radius 1 is 1.18 bits per heavy atom. The van der Waals surface area contributed by atoms with Crippen LogP contribution in [0.4, 0.5) is 21.0 Å². The number of rotatable bonds is 2. The van der Waals surface area contributed by atoms with Gasteiger partial charge in [-0.1, -0.05) is 18.2 Å². The van der Waals surface area contributed by atoms with E-state index >= 15 is 0 Å². The minimum Gasteiger partial charge on any atom is -0.453 e. The lowest BCUT2D eigenvalue weighted by Crippen LogP contribution is -2.35. The van der Waals surface area contributed by atoms with Gasteiger partial charge < -0.3 is 25.2 Å². The Morgan fingerprint density at radius 2 is 1.94 bits per heavy atom. The van der Waals surface area contributed by atoms with Crippen molar-refractivity contribution in [1.82, 2.24) is 10.3 Å². The molecular formula is C24H28N4O6. The number of ether oxygens (including phenoxy) is 2. The molecule has 0 saturated heterocycles. The third-order valence-electron chi connectivity index (χ3n) is 4.81. The van der Waals surface area contributed by atoms with Gasteiger partial charge in [-0.3, -0.25) is 15.1 Å². The number of alkyl carbamates (subject to hydrolysis) is 1. The van der Waals surface area contributed by atoms with Crippen molar-refractivity contribution in [3.63, 3.8) is 0 Å². The number of hydrogen-bond acceptors (Lipinski definition) is 7. The number of nitrogens with one attached hydrogen (secondary N) is 3. The third kappa shape index (κ3) is 6.55. The molecule has 2 bridgehead atoms. The number of nitrogens with zero attached hydrogens (tertiary/aromatic N) is 1. The number of benzene rings is 1. The summed E-state index contributed by atoms with van der Waals surface area (Å²) in [4.78, 5) is 41.0. The molecule has 0 saturated carbocycles. The molecule has 1 unspecified atom stereocenters. The first kappa shape index (κ1) is 24.7. The summed E-state index contributed by atoms with van der Waals surface area (Å²) in [6.45, 7) is 5.30. The number of pyridine rings is 1. The van der Waals surface area contributed by atoms with Gasteiger partial charge in [-0.15, -0.1) is 0 Å². The van der Waals surface area contributed by atoms with Crippen LogP contribution in [0, 0.1) is 0 Å². The molecule has 2 heterocycles. The molecule has 0 fully saturated rings. The molecule has 2 aromatic rings. The second kappa shape index (κ2) is 10.3. The van der Waals surface area contributed by atoms with Crippen molar-refractivity contribution in [1.29, 1.82) is 0 Å². The Hall–Kier alpha value is -3.92. The average Bonchev–Trinajstić information content (AvgIpc) is 2.76. The van der Waals surface area contributed by atoms with E-state index < -0.39 is 35.8 Å². The second-order valence-corrected chi connectivity index (χ2v) is 8.64. The van der Waals surface area contributed by atoms with Crippen LogP contribution in [-0.2, 0) is 14.3 Å². The monoisotopic (exact) mass is 468 g/mol. The molecule has 10 nitrogen and oxygen atoms in total. The number of methoxy groups -OCH3 is 1. The molecule has 180 valence electrons. The minimum absolute atomic E-state index is 0.273. The van der Waals surface area contributed by atoms with Crippen LogP contribution in [0.3, 0.4) is 0 Å². The van der Waals surface area contributed by atoms with E-state index in [0.29, 0.717) is 28.2 Å². The van der Waals surface area contributed by atoms with Gasteiger partial charge in [0.05, 0.1) is 24.5 Å². The van der Waals surface area contributed by atoms with Gasteiger partial charge in [-0.2, -0.15) is 0 Å². The van der Waals surface area contributed by atoms with Crippen LogP contribution in [-0.4, -0.2) is 47.0 Å². The Kier molecular flexibility index (Phi) is 7.52. The molecule has 0 radical (unpaired) electrons. The molecule has 0 aliphatic carbocycles. The third-order valence-corrected chi connectivity index (χ3v) is 4.81. The number of aromatic nitrogens is 1. The van der Waals surface area contributed by atoms with E-state index in [0.717, 1.165) is 0 Å². The highest BCUT2D eigenvalue weighted by Crippen LogP contribution is 2.33. The van der Waals surface area contributed by atoms with Gasteiger partial charge in [0.25, 0.3) is 5.91 Å². The fourth-order valence-electron chi connectivity index (χ4n) is 3.29. The lowest BCUT2D eigenvalue weighted by molar-refractivity contribution is -0.121. The predicted molar refractivity (Wildman–Crippen MR) is 126 cm³/mol. The zero-order chi connectivity index (χ0) is 24.9. The summed E-state index contributed by atoms with van der Waals surface area (Å²) in [5.41, 5.74) is 1.98. The van der Waals surface area contributed by atoms with Crippen LogP contribution in [0.1, 0.15) is 38.9 Å². The SMILES string of the molecule is COC(=O)Nc1ccc2c(c1)NC(=O)C(O)/C=C\C[C@H](NC(=O)OC(C)(C)C)c1cc-2ccn1. The Bertz CT molecular complexity index is 1110. The maximum atomic E-state index is 12.6. The molecule has 2 atom stereocenters. The van der Waals surface area contributed by atoms with Crippen LogP contribution in [0.15, 0.2) is 48.7 Å². The zero-order valence-electron chi connectivity index (χ0n) is 19.4. The molecule has 1 aromatic heterocycles. The fraction of sp³-hybridized carbons (Fsp3) is 0.333. The van der Waals surface area contributed by atoms with Gasteiger partial charge in [0.1, 0.15) is 5.60 Å². The quantitative estimate of drug-likeness (QED) is 0.492. The van der Waals surface area contributed by atoms with E-state index in [4.69, 9.17) is 4.74 Å². The molecule has 3 amide bonds. The first-order chi connectivity index (χ1) is 16.1. The fourth-order valence-corrected chi connectivity index (χ4v) is 3.29. The number of fused-ring (bicyclic) bond motifs is 4. The zero-order valence-corrected chi connectivity index (χ0v) is 19.4. The number of hydrogen-bond donors (Lipinski definition) is 4. The van der Waals surface area contributed by atoms with Crippen molar-refractivity contribution < 1.29 is 29.0 Å². The van der Waals surface area contributed by atoms with Gasteiger partial charge >= 0.3 is 12.2 Å². The number of aliphatic hydroxyl groups excluding tert-OH is 1. The first-order valence-corrected chi connectivity index (χ1v) is 10.7. The number of aliphatic hydroxyl groups is 1. The number of carbonyl (C=O) groups excluding carboxylic acids is 3. The van der Waals surface area contributed by atoms with Crippen molar-refractivity contribution in [3.8, 4) is 11.1 Å². The maximum Gasteiger partial charge on any atom is 0.411 e. The number of carbonyl (C=O) groups is 3. The molecule has 34 heavy (non-hydrogen) atoms. The van der Waals surface area contributed by atoms with Crippen LogP contribution in [0.5, 0.6) is 0 Å². The van der Waals surface area contributed by atoms with Crippen molar-refractivity contribution in [2.75, 3.05) is 17.7 Å². The summed E-state index contributed by atoms with van der Waals surface area (Å²) in [5, 5.41) is 18.4. The molecule has 4 N–H and O–H groups in total. The summed E-state index contributed by atoms with van der Waals surface area (Å²) in [5.74, 6) is -0.653. The summed E-state index contributed by atoms with van der Waals surface area (Å²) in [6, 6.07) is 7.91. The Labute approximate surface area is 197 Å².